The number of aryl methyl sites for hydroxylation is 1. The molecule has 0 bridgehead atoms. The number of rotatable bonds is 6. The summed E-state index contributed by atoms with van der Waals surface area (Å²) in [5, 5.41) is 13.8. The number of aliphatic hydroxyl groups is 1. The van der Waals surface area contributed by atoms with E-state index in [1.807, 2.05) is 0 Å². The van der Waals surface area contributed by atoms with Crippen LogP contribution in [0.15, 0.2) is 12.1 Å². The lowest BCUT2D eigenvalue weighted by Crippen LogP contribution is -2.57. The van der Waals surface area contributed by atoms with Gasteiger partial charge in [0.05, 0.1) is 5.60 Å². The topological polar surface area (TPSA) is 49.3 Å². The number of thioether (sulfide) groups is 1. The molecule has 0 radical (unpaired) electrons. The van der Waals surface area contributed by atoms with Gasteiger partial charge in [-0.05, 0) is 44.1 Å². The van der Waals surface area contributed by atoms with Crippen molar-refractivity contribution < 1.29 is 9.90 Å². The standard InChI is InChI=1S/C16H23NO2S2/c1-3-20-14-6-7-16(14,19)9-17-15(18)12-8-11(12)13-5-4-10(2)21-13/h4-5,11-12,14,19H,3,6-9H2,1-2H3,(H,17,18)/t11-,12+,14-,16+/m1/s1. The molecular weight excluding hydrogens is 302 g/mol. The lowest BCUT2D eigenvalue weighted by atomic mass is 9.79. The third kappa shape index (κ3) is 3.15. The molecule has 4 atom stereocenters. The van der Waals surface area contributed by atoms with Gasteiger partial charge in [-0.15, -0.1) is 11.3 Å². The van der Waals surface area contributed by atoms with Gasteiger partial charge in [0.25, 0.3) is 0 Å². The summed E-state index contributed by atoms with van der Waals surface area (Å²) in [6, 6.07) is 4.27. The Morgan fingerprint density at radius 2 is 2.38 bits per heavy atom. The molecule has 2 aliphatic carbocycles. The fraction of sp³-hybridized carbons (Fsp3) is 0.688. The molecule has 2 N–H and O–H groups in total. The second-order valence-corrected chi connectivity index (χ2v) is 9.00. The Balaban J connectivity index is 1.48. The summed E-state index contributed by atoms with van der Waals surface area (Å²) in [4.78, 5) is 14.9. The Hall–Kier alpha value is -0.520. The molecule has 0 saturated heterocycles. The highest BCUT2D eigenvalue weighted by Gasteiger charge is 2.48. The maximum absolute atomic E-state index is 12.2. The number of hydrogen-bond donors (Lipinski definition) is 2. The number of thiophene rings is 1. The van der Waals surface area contributed by atoms with Crippen LogP contribution in [0.25, 0.3) is 0 Å². The van der Waals surface area contributed by atoms with Crippen LogP contribution in [-0.4, -0.2) is 34.2 Å². The van der Waals surface area contributed by atoms with E-state index in [0.29, 0.717) is 12.5 Å². The highest BCUT2D eigenvalue weighted by atomic mass is 32.2. The molecule has 1 amide bonds. The molecule has 0 aromatic carbocycles. The summed E-state index contributed by atoms with van der Waals surface area (Å²) >= 11 is 3.59. The molecule has 21 heavy (non-hydrogen) atoms. The van der Waals surface area contributed by atoms with Crippen LogP contribution in [0.4, 0.5) is 0 Å². The third-order valence-electron chi connectivity index (χ3n) is 4.63. The van der Waals surface area contributed by atoms with Crippen LogP contribution in [0.2, 0.25) is 0 Å². The van der Waals surface area contributed by atoms with Crippen molar-refractivity contribution in [3.05, 3.63) is 21.9 Å². The molecule has 1 aromatic heterocycles. The van der Waals surface area contributed by atoms with Gasteiger partial charge in [-0.1, -0.05) is 6.92 Å². The highest BCUT2D eigenvalue weighted by Crippen LogP contribution is 2.50. The van der Waals surface area contributed by atoms with E-state index < -0.39 is 5.60 Å². The second kappa shape index (κ2) is 5.94. The normalized spacial score (nSPS) is 34.3. The van der Waals surface area contributed by atoms with Gasteiger partial charge in [0, 0.05) is 33.4 Å². The average Bonchev–Trinajstić information content (AvgIpc) is 3.15. The Bertz CT molecular complexity index is 530. The van der Waals surface area contributed by atoms with E-state index in [4.69, 9.17) is 0 Å². The first-order valence-electron chi connectivity index (χ1n) is 7.71. The van der Waals surface area contributed by atoms with Crippen LogP contribution in [0.1, 0.15) is 41.9 Å². The number of carbonyl (C=O) groups is 1. The minimum atomic E-state index is -0.680. The minimum absolute atomic E-state index is 0.115. The summed E-state index contributed by atoms with van der Waals surface area (Å²) in [6.07, 6.45) is 2.83. The third-order valence-corrected chi connectivity index (χ3v) is 7.17. The van der Waals surface area contributed by atoms with Crippen molar-refractivity contribution in [1.82, 2.24) is 5.32 Å². The molecule has 3 rings (SSSR count). The van der Waals surface area contributed by atoms with Crippen LogP contribution in [0, 0.1) is 12.8 Å². The fourth-order valence-electron chi connectivity index (χ4n) is 3.06. The van der Waals surface area contributed by atoms with Crippen LogP contribution >= 0.6 is 23.1 Å². The average molecular weight is 325 g/mol. The first kappa shape index (κ1) is 15.4. The Morgan fingerprint density at radius 3 is 2.95 bits per heavy atom. The number of amides is 1. The Morgan fingerprint density at radius 1 is 1.57 bits per heavy atom. The molecule has 0 spiro atoms. The first-order chi connectivity index (χ1) is 10.0. The van der Waals surface area contributed by atoms with Gasteiger partial charge in [0.2, 0.25) is 5.91 Å². The smallest absolute Gasteiger partial charge is 0.223 e. The van der Waals surface area contributed by atoms with Gasteiger partial charge in [-0.25, -0.2) is 0 Å². The van der Waals surface area contributed by atoms with E-state index in [1.165, 1.54) is 9.75 Å². The van der Waals surface area contributed by atoms with Crippen molar-refractivity contribution in [2.45, 2.75) is 49.9 Å². The predicted molar refractivity (Wildman–Crippen MR) is 89.0 cm³/mol. The molecule has 3 nitrogen and oxygen atoms in total. The largest absolute Gasteiger partial charge is 0.387 e. The van der Waals surface area contributed by atoms with Crippen LogP contribution < -0.4 is 5.32 Å². The Labute approximate surface area is 134 Å². The molecule has 2 saturated carbocycles. The molecule has 0 aliphatic heterocycles. The summed E-state index contributed by atoms with van der Waals surface area (Å²) in [5.74, 6) is 1.65. The SMILES string of the molecule is CCS[C@@H]1CC[C@]1(O)CNC(=O)[C@H]1C[C@H]1c1ccc(C)s1. The van der Waals surface area contributed by atoms with E-state index in [2.05, 4.69) is 31.3 Å². The maximum Gasteiger partial charge on any atom is 0.223 e. The van der Waals surface area contributed by atoms with Crippen molar-refractivity contribution in [3.8, 4) is 0 Å². The van der Waals surface area contributed by atoms with Gasteiger partial charge in [0.15, 0.2) is 0 Å². The highest BCUT2D eigenvalue weighted by molar-refractivity contribution is 8.00. The fourth-order valence-corrected chi connectivity index (χ4v) is 5.31. The van der Waals surface area contributed by atoms with Crippen molar-refractivity contribution in [3.63, 3.8) is 0 Å². The quantitative estimate of drug-likeness (QED) is 0.845. The van der Waals surface area contributed by atoms with Crippen molar-refractivity contribution in [1.29, 1.82) is 0 Å². The van der Waals surface area contributed by atoms with Gasteiger partial charge < -0.3 is 10.4 Å². The zero-order chi connectivity index (χ0) is 15.0. The van der Waals surface area contributed by atoms with E-state index in [0.717, 1.165) is 25.0 Å². The number of nitrogens with one attached hydrogen (secondary N) is 1. The molecule has 2 aliphatic rings. The molecule has 0 unspecified atom stereocenters. The summed E-state index contributed by atoms with van der Waals surface area (Å²) in [7, 11) is 0. The second-order valence-electron chi connectivity index (χ2n) is 6.20. The molecule has 116 valence electrons. The molecular formula is C16H23NO2S2. The molecule has 1 aromatic rings. The maximum atomic E-state index is 12.2. The van der Waals surface area contributed by atoms with E-state index in [9.17, 15) is 9.90 Å². The molecule has 1 heterocycles. The summed E-state index contributed by atoms with van der Waals surface area (Å²) < 4.78 is 0. The van der Waals surface area contributed by atoms with Crippen LogP contribution in [0.3, 0.4) is 0 Å². The first-order valence-corrected chi connectivity index (χ1v) is 9.58. The zero-order valence-electron chi connectivity index (χ0n) is 12.6. The summed E-state index contributed by atoms with van der Waals surface area (Å²) in [6.45, 7) is 4.62. The monoisotopic (exact) mass is 325 g/mol. The number of hydrogen-bond acceptors (Lipinski definition) is 4. The minimum Gasteiger partial charge on any atom is -0.387 e. The molecule has 2 fully saturated rings. The summed E-state index contributed by atoms with van der Waals surface area (Å²) in [5.41, 5.74) is -0.680. The lowest BCUT2D eigenvalue weighted by Gasteiger charge is -2.45. The van der Waals surface area contributed by atoms with E-state index >= 15 is 0 Å². The zero-order valence-corrected chi connectivity index (χ0v) is 14.2. The van der Waals surface area contributed by atoms with Gasteiger partial charge >= 0.3 is 0 Å². The van der Waals surface area contributed by atoms with Gasteiger partial charge in [0.1, 0.15) is 0 Å². The van der Waals surface area contributed by atoms with E-state index in [1.54, 1.807) is 23.1 Å². The van der Waals surface area contributed by atoms with Crippen LogP contribution in [-0.2, 0) is 4.79 Å². The van der Waals surface area contributed by atoms with Crippen molar-refractivity contribution in [2.75, 3.05) is 12.3 Å². The number of carbonyl (C=O) groups excluding carboxylic acids is 1. The van der Waals surface area contributed by atoms with E-state index in [-0.39, 0.29) is 17.1 Å². The van der Waals surface area contributed by atoms with Crippen molar-refractivity contribution >= 4 is 29.0 Å². The van der Waals surface area contributed by atoms with Gasteiger partial charge in [-0.3, -0.25) is 4.79 Å². The molecule has 5 heteroatoms. The van der Waals surface area contributed by atoms with Crippen LogP contribution in [0.5, 0.6) is 0 Å². The van der Waals surface area contributed by atoms with Crippen molar-refractivity contribution in [2.24, 2.45) is 5.92 Å². The Kier molecular flexibility index (Phi) is 4.35. The van der Waals surface area contributed by atoms with Gasteiger partial charge in [-0.2, -0.15) is 11.8 Å². The predicted octanol–water partition coefficient (Wildman–Crippen LogP) is 2.92. The lowest BCUT2D eigenvalue weighted by molar-refractivity contribution is -0.124.